The summed E-state index contributed by atoms with van der Waals surface area (Å²) in [6.45, 7) is 3.44. The molecule has 1 aliphatic heterocycles. The molecule has 1 saturated heterocycles. The lowest BCUT2D eigenvalue weighted by molar-refractivity contribution is -0.138. The molecule has 0 spiro atoms. The molecule has 1 fully saturated rings. The number of carbonyl (C=O) groups excluding carboxylic acids is 1. The Kier molecular flexibility index (Phi) is 6.44. The molecular formula is C18H25NO4. The zero-order valence-electron chi connectivity index (χ0n) is 13.7. The number of aliphatic carboxylic acids is 1. The van der Waals surface area contributed by atoms with Gasteiger partial charge in [-0.3, -0.25) is 9.59 Å². The van der Waals surface area contributed by atoms with E-state index in [1.54, 1.807) is 4.90 Å². The highest BCUT2D eigenvalue weighted by Crippen LogP contribution is 2.21. The summed E-state index contributed by atoms with van der Waals surface area (Å²) >= 11 is 0. The minimum absolute atomic E-state index is 0.0273. The summed E-state index contributed by atoms with van der Waals surface area (Å²) in [5.74, 6) is 0.0936. The first-order valence-corrected chi connectivity index (χ1v) is 8.29. The van der Waals surface area contributed by atoms with E-state index in [9.17, 15) is 9.59 Å². The van der Waals surface area contributed by atoms with Crippen LogP contribution in [0.3, 0.4) is 0 Å². The van der Waals surface area contributed by atoms with Crippen molar-refractivity contribution in [1.82, 2.24) is 4.90 Å². The first-order chi connectivity index (χ1) is 11.1. The third kappa shape index (κ3) is 5.58. The smallest absolute Gasteiger partial charge is 0.303 e. The monoisotopic (exact) mass is 319 g/mol. The van der Waals surface area contributed by atoms with E-state index in [4.69, 9.17) is 9.84 Å². The molecule has 0 unspecified atom stereocenters. The van der Waals surface area contributed by atoms with Crippen molar-refractivity contribution < 1.29 is 19.4 Å². The van der Waals surface area contributed by atoms with E-state index in [0.29, 0.717) is 18.8 Å². The van der Waals surface area contributed by atoms with E-state index in [2.05, 4.69) is 6.92 Å². The van der Waals surface area contributed by atoms with Gasteiger partial charge in [0.2, 0.25) is 0 Å². The van der Waals surface area contributed by atoms with Crippen molar-refractivity contribution in [1.29, 1.82) is 0 Å². The van der Waals surface area contributed by atoms with Crippen LogP contribution in [0.5, 0.6) is 5.75 Å². The van der Waals surface area contributed by atoms with Gasteiger partial charge in [0.25, 0.3) is 5.91 Å². The number of hydrogen-bond donors (Lipinski definition) is 1. The summed E-state index contributed by atoms with van der Waals surface area (Å²) < 4.78 is 5.57. The van der Waals surface area contributed by atoms with Crippen molar-refractivity contribution in [3.63, 3.8) is 0 Å². The third-order valence-electron chi connectivity index (χ3n) is 4.36. The molecule has 0 radical (unpaired) electrons. The van der Waals surface area contributed by atoms with Gasteiger partial charge in [0, 0.05) is 19.5 Å². The second-order valence-electron chi connectivity index (χ2n) is 6.06. The predicted molar refractivity (Wildman–Crippen MR) is 87.5 cm³/mol. The molecule has 126 valence electrons. The van der Waals surface area contributed by atoms with Crippen molar-refractivity contribution in [2.45, 2.75) is 39.0 Å². The van der Waals surface area contributed by atoms with Crippen molar-refractivity contribution in [3.8, 4) is 5.75 Å². The summed E-state index contributed by atoms with van der Waals surface area (Å²) in [4.78, 5) is 24.9. The van der Waals surface area contributed by atoms with Gasteiger partial charge >= 0.3 is 5.97 Å². The molecule has 0 aliphatic carbocycles. The maximum absolute atomic E-state index is 12.3. The van der Waals surface area contributed by atoms with Crippen LogP contribution in [0.4, 0.5) is 0 Å². The average Bonchev–Trinajstić information content (AvgIpc) is 2.78. The number of carboxylic acid groups (broad SMARTS) is 1. The Bertz CT molecular complexity index is 526. The summed E-state index contributed by atoms with van der Waals surface area (Å²) in [6.07, 6.45) is 3.65. The normalized spacial score (nSPS) is 18.3. The van der Waals surface area contributed by atoms with E-state index in [1.165, 1.54) is 5.56 Å². The predicted octanol–water partition coefficient (Wildman–Crippen LogP) is 2.73. The minimum Gasteiger partial charge on any atom is -0.484 e. The molecule has 5 heteroatoms. The molecule has 23 heavy (non-hydrogen) atoms. The van der Waals surface area contributed by atoms with E-state index in [0.717, 1.165) is 25.7 Å². The van der Waals surface area contributed by atoms with Crippen LogP contribution in [0, 0.1) is 5.92 Å². The fraction of sp³-hybridized carbons (Fsp3) is 0.556. The second kappa shape index (κ2) is 8.56. The van der Waals surface area contributed by atoms with Crippen LogP contribution in [0.1, 0.15) is 38.2 Å². The standard InChI is InChI=1S/C18H25NO4/c1-2-14-5-7-16(8-6-14)23-13-17(20)19-10-3-4-15(9-11-19)12-18(21)22/h5-8,15H,2-4,9-13H2,1H3,(H,21,22)/t15-/m0/s1. The van der Waals surface area contributed by atoms with E-state index in [-0.39, 0.29) is 24.9 Å². The van der Waals surface area contributed by atoms with Gasteiger partial charge < -0.3 is 14.7 Å². The molecule has 1 aliphatic rings. The minimum atomic E-state index is -0.756. The van der Waals surface area contributed by atoms with Crippen molar-refractivity contribution in [2.24, 2.45) is 5.92 Å². The molecule has 1 aromatic rings. The summed E-state index contributed by atoms with van der Waals surface area (Å²) in [5, 5.41) is 8.88. The number of rotatable bonds is 6. The van der Waals surface area contributed by atoms with Crippen molar-refractivity contribution in [3.05, 3.63) is 29.8 Å². The van der Waals surface area contributed by atoms with Gasteiger partial charge in [-0.05, 0) is 49.3 Å². The summed E-state index contributed by atoms with van der Waals surface area (Å²) in [6, 6.07) is 7.78. The van der Waals surface area contributed by atoms with Gasteiger partial charge in [0.05, 0.1) is 0 Å². The van der Waals surface area contributed by atoms with Gasteiger partial charge in [-0.2, -0.15) is 0 Å². The topological polar surface area (TPSA) is 66.8 Å². The largest absolute Gasteiger partial charge is 0.484 e. The van der Waals surface area contributed by atoms with Crippen LogP contribution in [0.2, 0.25) is 0 Å². The molecular weight excluding hydrogens is 294 g/mol. The van der Waals surface area contributed by atoms with Crippen molar-refractivity contribution >= 4 is 11.9 Å². The number of ether oxygens (including phenoxy) is 1. The fourth-order valence-corrected chi connectivity index (χ4v) is 2.92. The third-order valence-corrected chi connectivity index (χ3v) is 4.36. The lowest BCUT2D eigenvalue weighted by atomic mass is 9.97. The average molecular weight is 319 g/mol. The number of benzene rings is 1. The molecule has 1 atom stereocenters. The lowest BCUT2D eigenvalue weighted by Gasteiger charge is -2.20. The van der Waals surface area contributed by atoms with E-state index in [1.807, 2.05) is 24.3 Å². The zero-order chi connectivity index (χ0) is 16.7. The molecule has 1 aromatic carbocycles. The SMILES string of the molecule is CCc1ccc(OCC(=O)N2CCC[C@H](CC(=O)O)CC2)cc1. The highest BCUT2D eigenvalue weighted by Gasteiger charge is 2.22. The van der Waals surface area contributed by atoms with Crippen LogP contribution in [0.25, 0.3) is 0 Å². The quantitative estimate of drug-likeness (QED) is 0.875. The van der Waals surface area contributed by atoms with E-state index < -0.39 is 5.97 Å². The summed E-state index contributed by atoms with van der Waals surface area (Å²) in [5.41, 5.74) is 1.24. The number of carbonyl (C=O) groups is 2. The molecule has 0 saturated carbocycles. The van der Waals surface area contributed by atoms with Crippen LogP contribution >= 0.6 is 0 Å². The first-order valence-electron chi connectivity index (χ1n) is 8.29. The van der Waals surface area contributed by atoms with Crippen LogP contribution in [-0.2, 0) is 16.0 Å². The Morgan fingerprint density at radius 1 is 1.22 bits per heavy atom. The number of nitrogens with zero attached hydrogens (tertiary/aromatic N) is 1. The lowest BCUT2D eigenvalue weighted by Crippen LogP contribution is -2.35. The molecule has 2 rings (SSSR count). The molecule has 1 N–H and O–H groups in total. The molecule has 0 bridgehead atoms. The fourth-order valence-electron chi connectivity index (χ4n) is 2.92. The highest BCUT2D eigenvalue weighted by molar-refractivity contribution is 5.77. The number of hydrogen-bond acceptors (Lipinski definition) is 3. The van der Waals surface area contributed by atoms with Gasteiger partial charge in [-0.1, -0.05) is 19.1 Å². The first kappa shape index (κ1) is 17.3. The Morgan fingerprint density at radius 2 is 1.96 bits per heavy atom. The Hall–Kier alpha value is -2.04. The number of likely N-dealkylation sites (tertiary alicyclic amines) is 1. The van der Waals surface area contributed by atoms with Gasteiger partial charge in [0.15, 0.2) is 6.61 Å². The molecule has 0 aromatic heterocycles. The van der Waals surface area contributed by atoms with Gasteiger partial charge in [-0.15, -0.1) is 0 Å². The molecule has 5 nitrogen and oxygen atoms in total. The Morgan fingerprint density at radius 3 is 2.61 bits per heavy atom. The second-order valence-corrected chi connectivity index (χ2v) is 6.06. The van der Waals surface area contributed by atoms with Crippen LogP contribution < -0.4 is 4.74 Å². The van der Waals surface area contributed by atoms with Gasteiger partial charge in [0.1, 0.15) is 5.75 Å². The molecule has 1 amide bonds. The maximum Gasteiger partial charge on any atom is 0.303 e. The maximum atomic E-state index is 12.3. The number of aryl methyl sites for hydroxylation is 1. The van der Waals surface area contributed by atoms with Crippen molar-refractivity contribution in [2.75, 3.05) is 19.7 Å². The molecule has 1 heterocycles. The van der Waals surface area contributed by atoms with E-state index >= 15 is 0 Å². The number of carboxylic acids is 1. The highest BCUT2D eigenvalue weighted by atomic mass is 16.5. The zero-order valence-corrected chi connectivity index (χ0v) is 13.7. The van der Waals surface area contributed by atoms with Crippen LogP contribution in [-0.4, -0.2) is 41.6 Å². The Balaban J connectivity index is 1.79. The van der Waals surface area contributed by atoms with Crippen LogP contribution in [0.15, 0.2) is 24.3 Å². The number of amides is 1. The summed E-state index contributed by atoms with van der Waals surface area (Å²) in [7, 11) is 0. The van der Waals surface area contributed by atoms with Gasteiger partial charge in [-0.25, -0.2) is 0 Å². The Labute approximate surface area is 137 Å².